The number of hydrogen-bond donors (Lipinski definition) is 1. The van der Waals surface area contributed by atoms with Gasteiger partial charge in [-0.25, -0.2) is 0 Å². The molecule has 0 saturated carbocycles. The van der Waals surface area contributed by atoms with Gasteiger partial charge in [-0.15, -0.1) is 0 Å². The quantitative estimate of drug-likeness (QED) is 0.872. The van der Waals surface area contributed by atoms with Crippen LogP contribution in [-0.2, 0) is 0 Å². The van der Waals surface area contributed by atoms with Gasteiger partial charge in [-0.1, -0.05) is 55.0 Å². The van der Waals surface area contributed by atoms with Gasteiger partial charge in [-0.05, 0) is 37.9 Å². The van der Waals surface area contributed by atoms with Crippen LogP contribution in [0.2, 0.25) is 0 Å². The van der Waals surface area contributed by atoms with Gasteiger partial charge in [0.2, 0.25) is 0 Å². The van der Waals surface area contributed by atoms with E-state index in [1.165, 1.54) is 19.3 Å². The minimum atomic E-state index is -0.464. The Morgan fingerprint density at radius 3 is 2.62 bits per heavy atom. The summed E-state index contributed by atoms with van der Waals surface area (Å²) in [4.78, 5) is 2.38. The summed E-state index contributed by atoms with van der Waals surface area (Å²) in [5, 5.41) is 10.4. The predicted molar refractivity (Wildman–Crippen MR) is 98.3 cm³/mol. The van der Waals surface area contributed by atoms with Crippen LogP contribution in [0.1, 0.15) is 26.2 Å². The van der Waals surface area contributed by atoms with Crippen molar-refractivity contribution >= 4 is 0 Å². The van der Waals surface area contributed by atoms with Crippen molar-refractivity contribution in [2.24, 2.45) is 0 Å². The lowest BCUT2D eigenvalue weighted by Gasteiger charge is -2.34. The highest BCUT2D eigenvalue weighted by molar-refractivity contribution is 5.70. The van der Waals surface area contributed by atoms with Crippen LogP contribution in [0.5, 0.6) is 5.75 Å². The van der Waals surface area contributed by atoms with Crippen molar-refractivity contribution in [3.05, 3.63) is 54.6 Å². The maximum atomic E-state index is 10.4. The summed E-state index contributed by atoms with van der Waals surface area (Å²) < 4.78 is 5.95. The van der Waals surface area contributed by atoms with Crippen LogP contribution in [0.4, 0.5) is 0 Å². The molecule has 0 unspecified atom stereocenters. The van der Waals surface area contributed by atoms with E-state index >= 15 is 0 Å². The second-order valence-electron chi connectivity index (χ2n) is 6.67. The van der Waals surface area contributed by atoms with Crippen LogP contribution in [0.15, 0.2) is 54.6 Å². The average molecular weight is 325 g/mol. The lowest BCUT2D eigenvalue weighted by atomic mass is 10.0. The van der Waals surface area contributed by atoms with Gasteiger partial charge in [0.15, 0.2) is 0 Å². The molecule has 3 nitrogen and oxygen atoms in total. The lowest BCUT2D eigenvalue weighted by molar-refractivity contribution is 0.0439. The summed E-state index contributed by atoms with van der Waals surface area (Å²) in [5.74, 6) is 0.828. The summed E-state index contributed by atoms with van der Waals surface area (Å²) in [6.07, 6.45) is 3.29. The Labute approximate surface area is 144 Å². The number of para-hydroxylation sites is 1. The molecule has 0 spiro atoms. The highest BCUT2D eigenvalue weighted by atomic mass is 16.5. The van der Waals surface area contributed by atoms with E-state index in [0.717, 1.165) is 23.4 Å². The van der Waals surface area contributed by atoms with Crippen LogP contribution < -0.4 is 4.74 Å². The van der Waals surface area contributed by atoms with Gasteiger partial charge in [0.05, 0.1) is 0 Å². The zero-order chi connectivity index (χ0) is 16.8. The molecule has 1 aliphatic rings. The molecule has 1 heterocycles. The Bertz CT molecular complexity index is 629. The number of aliphatic hydroxyl groups excluding tert-OH is 1. The third-order valence-corrected chi connectivity index (χ3v) is 4.79. The minimum Gasteiger partial charge on any atom is -0.490 e. The van der Waals surface area contributed by atoms with Gasteiger partial charge in [0, 0.05) is 18.2 Å². The van der Waals surface area contributed by atoms with E-state index in [2.05, 4.69) is 30.0 Å². The summed E-state index contributed by atoms with van der Waals surface area (Å²) in [7, 11) is 0. The molecule has 0 bridgehead atoms. The zero-order valence-electron chi connectivity index (χ0n) is 14.4. The van der Waals surface area contributed by atoms with Crippen LogP contribution in [0, 0.1) is 0 Å². The number of nitrogens with zero attached hydrogens (tertiary/aromatic N) is 1. The van der Waals surface area contributed by atoms with Crippen molar-refractivity contribution in [3.8, 4) is 16.9 Å². The van der Waals surface area contributed by atoms with Crippen LogP contribution >= 0.6 is 0 Å². The number of piperidine rings is 1. The fourth-order valence-corrected chi connectivity index (χ4v) is 3.39. The number of rotatable bonds is 6. The smallest absolute Gasteiger partial charge is 0.127 e. The van der Waals surface area contributed by atoms with E-state index in [9.17, 15) is 5.11 Å². The summed E-state index contributed by atoms with van der Waals surface area (Å²) in [5.41, 5.74) is 2.20. The molecule has 0 aliphatic carbocycles. The fourth-order valence-electron chi connectivity index (χ4n) is 3.39. The van der Waals surface area contributed by atoms with Crippen molar-refractivity contribution in [2.45, 2.75) is 38.3 Å². The number of hydrogen-bond acceptors (Lipinski definition) is 3. The second kappa shape index (κ2) is 8.32. The first-order valence-corrected chi connectivity index (χ1v) is 8.93. The first-order chi connectivity index (χ1) is 11.7. The second-order valence-corrected chi connectivity index (χ2v) is 6.67. The Morgan fingerprint density at radius 2 is 1.83 bits per heavy atom. The average Bonchev–Trinajstić information content (AvgIpc) is 2.63. The maximum absolute atomic E-state index is 10.4. The third kappa shape index (κ3) is 4.37. The molecule has 128 valence electrons. The largest absolute Gasteiger partial charge is 0.490 e. The first-order valence-electron chi connectivity index (χ1n) is 8.93. The highest BCUT2D eigenvalue weighted by Crippen LogP contribution is 2.29. The van der Waals surface area contributed by atoms with E-state index in [4.69, 9.17) is 4.74 Å². The zero-order valence-corrected chi connectivity index (χ0v) is 14.4. The van der Waals surface area contributed by atoms with Crippen molar-refractivity contribution in [2.75, 3.05) is 19.7 Å². The van der Waals surface area contributed by atoms with Crippen molar-refractivity contribution < 1.29 is 9.84 Å². The maximum Gasteiger partial charge on any atom is 0.127 e. The molecule has 24 heavy (non-hydrogen) atoms. The van der Waals surface area contributed by atoms with E-state index in [1.54, 1.807) is 0 Å². The fraction of sp³-hybridized carbons (Fsp3) is 0.429. The van der Waals surface area contributed by atoms with E-state index < -0.39 is 6.10 Å². The van der Waals surface area contributed by atoms with Crippen molar-refractivity contribution in [1.29, 1.82) is 0 Å². The van der Waals surface area contributed by atoms with Gasteiger partial charge in [-0.3, -0.25) is 4.90 Å². The van der Waals surface area contributed by atoms with Crippen LogP contribution in [-0.4, -0.2) is 41.8 Å². The van der Waals surface area contributed by atoms with Gasteiger partial charge in [0.1, 0.15) is 18.5 Å². The monoisotopic (exact) mass is 325 g/mol. The van der Waals surface area contributed by atoms with Crippen molar-refractivity contribution in [3.63, 3.8) is 0 Å². The van der Waals surface area contributed by atoms with Gasteiger partial charge < -0.3 is 9.84 Å². The van der Waals surface area contributed by atoms with Crippen LogP contribution in [0.3, 0.4) is 0 Å². The predicted octanol–water partition coefficient (Wildman–Crippen LogP) is 3.97. The molecule has 3 heteroatoms. The molecule has 2 aromatic carbocycles. The Hall–Kier alpha value is -1.84. The van der Waals surface area contributed by atoms with E-state index in [1.807, 2.05) is 36.4 Å². The molecule has 1 saturated heterocycles. The van der Waals surface area contributed by atoms with Crippen molar-refractivity contribution in [1.82, 2.24) is 4.90 Å². The minimum absolute atomic E-state index is 0.326. The molecule has 2 atom stereocenters. The first kappa shape index (κ1) is 17.0. The number of likely N-dealkylation sites (tertiary alicyclic amines) is 1. The molecule has 1 fully saturated rings. The molecule has 2 aromatic rings. The van der Waals surface area contributed by atoms with Crippen LogP contribution in [0.25, 0.3) is 11.1 Å². The summed E-state index contributed by atoms with van der Waals surface area (Å²) >= 11 is 0. The lowest BCUT2D eigenvalue weighted by Crippen LogP contribution is -2.43. The Balaban J connectivity index is 1.60. The topological polar surface area (TPSA) is 32.7 Å². The molecular weight excluding hydrogens is 298 g/mol. The highest BCUT2D eigenvalue weighted by Gasteiger charge is 2.21. The molecule has 0 radical (unpaired) electrons. The molecule has 1 aliphatic heterocycles. The third-order valence-electron chi connectivity index (χ3n) is 4.79. The molecule has 1 N–H and O–H groups in total. The standard InChI is InChI=1S/C21H27NO2/c1-17-9-7-8-14-22(17)15-19(23)16-24-21-13-6-5-12-20(21)18-10-3-2-4-11-18/h2-6,10-13,17,19,23H,7-9,14-16H2,1H3/t17-,19-/m0/s1. The molecule has 0 aromatic heterocycles. The number of benzene rings is 2. The number of ether oxygens (including phenoxy) is 1. The Morgan fingerprint density at radius 1 is 1.08 bits per heavy atom. The van der Waals surface area contributed by atoms with E-state index in [0.29, 0.717) is 19.2 Å². The normalized spacial score (nSPS) is 19.8. The number of β-amino-alcohol motifs (C(OH)–C–C–N with tert-alkyl or cyclic N) is 1. The SMILES string of the molecule is C[C@H]1CCCCN1C[C@H](O)COc1ccccc1-c1ccccc1. The summed E-state index contributed by atoms with van der Waals surface area (Å²) in [6, 6.07) is 18.8. The molecule has 3 rings (SSSR count). The van der Waals surface area contributed by atoms with Gasteiger partial charge in [0.25, 0.3) is 0 Å². The molecule has 0 amide bonds. The summed E-state index contributed by atoms with van der Waals surface area (Å²) in [6.45, 7) is 4.35. The van der Waals surface area contributed by atoms with Gasteiger partial charge in [-0.2, -0.15) is 0 Å². The molecular formula is C21H27NO2. The Kier molecular flexibility index (Phi) is 5.89. The number of aliphatic hydroxyl groups is 1. The van der Waals surface area contributed by atoms with Gasteiger partial charge >= 0.3 is 0 Å². The van der Waals surface area contributed by atoms with E-state index in [-0.39, 0.29) is 0 Å².